The third-order valence-corrected chi connectivity index (χ3v) is 2.88. The molecule has 0 radical (unpaired) electrons. The van der Waals surface area contributed by atoms with Crippen LogP contribution in [0.1, 0.15) is 0 Å². The predicted molar refractivity (Wildman–Crippen MR) is 70.0 cm³/mol. The number of carbonyl (C=O) groups is 2. The first-order chi connectivity index (χ1) is 10.7. The number of hydrogen-bond donors (Lipinski definition) is 1. The summed E-state index contributed by atoms with van der Waals surface area (Å²) in [5, 5.41) is 12.4. The van der Waals surface area contributed by atoms with Gasteiger partial charge in [-0.05, 0) is 6.07 Å². The van der Waals surface area contributed by atoms with Crippen molar-refractivity contribution in [3.05, 3.63) is 28.3 Å². The van der Waals surface area contributed by atoms with Crippen LogP contribution in [0.15, 0.2) is 18.2 Å². The fraction of sp³-hybridized carbons (Fsp3) is 0.333. The molecule has 11 heteroatoms. The first-order valence-electron chi connectivity index (χ1n) is 6.22. The van der Waals surface area contributed by atoms with E-state index in [0.717, 1.165) is 17.0 Å². The van der Waals surface area contributed by atoms with Gasteiger partial charge >= 0.3 is 6.18 Å². The highest BCUT2D eigenvalue weighted by Crippen LogP contribution is 2.35. The molecule has 2 rings (SSSR count). The number of ether oxygens (including phenoxy) is 1. The molecule has 1 aromatic rings. The lowest BCUT2D eigenvalue weighted by Crippen LogP contribution is -2.46. The number of anilines is 1. The van der Waals surface area contributed by atoms with Crippen molar-refractivity contribution in [1.82, 2.24) is 5.32 Å². The summed E-state index contributed by atoms with van der Waals surface area (Å²) in [5.74, 6) is -1.62. The molecule has 0 spiro atoms. The fourth-order valence-corrected chi connectivity index (χ4v) is 1.88. The number of rotatable bonds is 4. The fourth-order valence-electron chi connectivity index (χ4n) is 1.88. The Bertz CT molecular complexity index is 662. The Hall–Kier alpha value is -2.85. The lowest BCUT2D eigenvalue weighted by molar-refractivity contribution is -0.384. The number of hydrogen-bond acceptors (Lipinski definition) is 5. The Labute approximate surface area is 127 Å². The van der Waals surface area contributed by atoms with Crippen molar-refractivity contribution in [2.24, 2.45) is 0 Å². The smallest absolute Gasteiger partial charge is 0.405 e. The van der Waals surface area contributed by atoms with Gasteiger partial charge in [-0.3, -0.25) is 24.6 Å². The minimum Gasteiger partial charge on any atom is -0.482 e. The van der Waals surface area contributed by atoms with Gasteiger partial charge in [0, 0.05) is 12.1 Å². The summed E-state index contributed by atoms with van der Waals surface area (Å²) in [5.41, 5.74) is -0.389. The minimum absolute atomic E-state index is 0.0439. The van der Waals surface area contributed by atoms with Crippen LogP contribution in [-0.4, -0.2) is 42.6 Å². The number of alkyl halides is 3. The molecule has 2 amide bonds. The van der Waals surface area contributed by atoms with Crippen molar-refractivity contribution in [2.75, 3.05) is 24.6 Å². The third kappa shape index (κ3) is 4.08. The Balaban J connectivity index is 2.19. The van der Waals surface area contributed by atoms with E-state index in [2.05, 4.69) is 0 Å². The topological polar surface area (TPSA) is 102 Å². The average molecular weight is 333 g/mol. The number of nitro groups is 1. The van der Waals surface area contributed by atoms with E-state index < -0.39 is 42.6 Å². The van der Waals surface area contributed by atoms with E-state index in [9.17, 15) is 32.9 Å². The summed E-state index contributed by atoms with van der Waals surface area (Å²) in [6.45, 7) is -2.66. The lowest BCUT2D eigenvalue weighted by Gasteiger charge is -2.28. The zero-order valence-corrected chi connectivity index (χ0v) is 11.4. The van der Waals surface area contributed by atoms with Crippen molar-refractivity contribution in [2.45, 2.75) is 6.18 Å². The largest absolute Gasteiger partial charge is 0.482 e. The standard InChI is InChI=1S/C12H10F3N3O5/c13-12(14,15)6-16-10(19)4-17-8-3-7(18(21)22)1-2-9(8)23-5-11(17)20/h1-3H,4-6H2,(H,16,19). The van der Waals surface area contributed by atoms with Crippen molar-refractivity contribution in [1.29, 1.82) is 0 Å². The van der Waals surface area contributed by atoms with Gasteiger partial charge in [-0.15, -0.1) is 0 Å². The molecule has 124 valence electrons. The highest BCUT2D eigenvalue weighted by atomic mass is 19.4. The zero-order chi connectivity index (χ0) is 17.2. The van der Waals surface area contributed by atoms with Crippen LogP contribution in [0.3, 0.4) is 0 Å². The summed E-state index contributed by atoms with van der Waals surface area (Å²) >= 11 is 0. The Morgan fingerprint density at radius 1 is 1.43 bits per heavy atom. The van der Waals surface area contributed by atoms with Crippen molar-refractivity contribution in [3.63, 3.8) is 0 Å². The van der Waals surface area contributed by atoms with E-state index in [4.69, 9.17) is 4.74 Å². The molecule has 1 aromatic carbocycles. The molecule has 0 fully saturated rings. The van der Waals surface area contributed by atoms with Gasteiger partial charge in [0.1, 0.15) is 18.8 Å². The molecule has 0 atom stereocenters. The van der Waals surface area contributed by atoms with Gasteiger partial charge in [0.15, 0.2) is 6.61 Å². The van der Waals surface area contributed by atoms with Gasteiger partial charge in [-0.1, -0.05) is 0 Å². The molecule has 1 aliphatic heterocycles. The number of amides is 2. The Morgan fingerprint density at radius 3 is 2.74 bits per heavy atom. The second-order valence-electron chi connectivity index (χ2n) is 4.57. The highest BCUT2D eigenvalue weighted by molar-refractivity contribution is 6.02. The molecule has 23 heavy (non-hydrogen) atoms. The molecule has 0 saturated carbocycles. The van der Waals surface area contributed by atoms with Crippen LogP contribution >= 0.6 is 0 Å². The van der Waals surface area contributed by atoms with Crippen LogP contribution in [-0.2, 0) is 9.59 Å². The number of nitro benzene ring substituents is 1. The molecule has 0 aliphatic carbocycles. The second-order valence-corrected chi connectivity index (χ2v) is 4.57. The van der Waals surface area contributed by atoms with E-state index in [1.807, 2.05) is 0 Å². The second kappa shape index (κ2) is 6.10. The number of nitrogens with zero attached hydrogens (tertiary/aromatic N) is 2. The summed E-state index contributed by atoms with van der Waals surface area (Å²) in [6.07, 6.45) is -4.58. The van der Waals surface area contributed by atoms with Gasteiger partial charge in [-0.2, -0.15) is 13.2 Å². The highest BCUT2D eigenvalue weighted by Gasteiger charge is 2.31. The van der Waals surface area contributed by atoms with Crippen molar-refractivity contribution in [3.8, 4) is 5.75 Å². The monoisotopic (exact) mass is 333 g/mol. The van der Waals surface area contributed by atoms with Gasteiger partial charge in [-0.25, -0.2) is 0 Å². The summed E-state index contributed by atoms with van der Waals surface area (Å²) in [4.78, 5) is 34.3. The normalized spacial score (nSPS) is 14.0. The Kier molecular flexibility index (Phi) is 4.38. The van der Waals surface area contributed by atoms with E-state index in [0.29, 0.717) is 0 Å². The Morgan fingerprint density at radius 2 is 2.13 bits per heavy atom. The number of non-ortho nitro benzene ring substituents is 1. The summed E-state index contributed by atoms with van der Waals surface area (Å²) in [7, 11) is 0. The molecular formula is C12H10F3N3O5. The minimum atomic E-state index is -4.58. The van der Waals surface area contributed by atoms with Crippen molar-refractivity contribution < 1.29 is 32.4 Å². The first-order valence-corrected chi connectivity index (χ1v) is 6.22. The lowest BCUT2D eigenvalue weighted by atomic mass is 10.2. The maximum atomic E-state index is 12.1. The molecule has 8 nitrogen and oxygen atoms in total. The van der Waals surface area contributed by atoms with Gasteiger partial charge in [0.05, 0.1) is 10.6 Å². The van der Waals surface area contributed by atoms with Crippen LogP contribution < -0.4 is 15.0 Å². The number of benzene rings is 1. The van der Waals surface area contributed by atoms with Crippen molar-refractivity contribution >= 4 is 23.2 Å². The average Bonchev–Trinajstić information content (AvgIpc) is 2.47. The number of nitrogens with one attached hydrogen (secondary N) is 1. The molecular weight excluding hydrogens is 323 g/mol. The quantitative estimate of drug-likeness (QED) is 0.654. The van der Waals surface area contributed by atoms with E-state index in [1.54, 1.807) is 5.32 Å². The molecule has 0 aromatic heterocycles. The summed E-state index contributed by atoms with van der Waals surface area (Å²) < 4.78 is 41.3. The first kappa shape index (κ1) is 16.5. The van der Waals surface area contributed by atoms with Crippen LogP contribution in [0.25, 0.3) is 0 Å². The van der Waals surface area contributed by atoms with Gasteiger partial charge in [0.2, 0.25) is 5.91 Å². The van der Waals surface area contributed by atoms with E-state index in [-0.39, 0.29) is 17.1 Å². The number of carbonyl (C=O) groups excluding carboxylic acids is 2. The van der Waals surface area contributed by atoms with Crippen LogP contribution in [0.2, 0.25) is 0 Å². The number of halogens is 3. The zero-order valence-electron chi connectivity index (χ0n) is 11.4. The molecule has 1 aliphatic rings. The molecule has 1 N–H and O–H groups in total. The maximum absolute atomic E-state index is 12.1. The van der Waals surface area contributed by atoms with Crippen LogP contribution in [0.5, 0.6) is 5.75 Å². The van der Waals surface area contributed by atoms with Gasteiger partial charge < -0.3 is 10.1 Å². The SMILES string of the molecule is O=C(CN1C(=O)COc2ccc([N+](=O)[O-])cc21)NCC(F)(F)F. The van der Waals surface area contributed by atoms with E-state index in [1.165, 1.54) is 6.07 Å². The van der Waals surface area contributed by atoms with E-state index >= 15 is 0 Å². The third-order valence-electron chi connectivity index (χ3n) is 2.88. The summed E-state index contributed by atoms with van der Waals surface area (Å²) in [6, 6.07) is 3.42. The predicted octanol–water partition coefficient (Wildman–Crippen LogP) is 0.999. The number of fused-ring (bicyclic) bond motifs is 1. The van der Waals surface area contributed by atoms with Crippen LogP contribution in [0, 0.1) is 10.1 Å². The molecule has 0 saturated heterocycles. The molecule has 0 bridgehead atoms. The van der Waals surface area contributed by atoms with Gasteiger partial charge in [0.25, 0.3) is 11.6 Å². The maximum Gasteiger partial charge on any atom is 0.405 e. The molecule has 1 heterocycles. The molecule has 0 unspecified atom stereocenters. The van der Waals surface area contributed by atoms with Crippen LogP contribution in [0.4, 0.5) is 24.5 Å².